The molecule has 5 heteroatoms. The first kappa shape index (κ1) is 12.2. The number of nitrogens with zero attached hydrogens (tertiary/aromatic N) is 1. The normalized spacial score (nSPS) is 22.8. The SMILES string of the molecule is Cc1nc2cc(NC(=O)C3(C)CCNC3)ccc2o1. The van der Waals surface area contributed by atoms with E-state index in [9.17, 15) is 4.79 Å². The summed E-state index contributed by atoms with van der Waals surface area (Å²) in [4.78, 5) is 16.5. The molecule has 1 aliphatic rings. The van der Waals surface area contributed by atoms with E-state index in [1.54, 1.807) is 0 Å². The van der Waals surface area contributed by atoms with Crippen molar-refractivity contribution in [3.63, 3.8) is 0 Å². The van der Waals surface area contributed by atoms with Gasteiger partial charge in [0.25, 0.3) is 0 Å². The average molecular weight is 259 g/mol. The van der Waals surface area contributed by atoms with Gasteiger partial charge in [-0.05, 0) is 38.1 Å². The van der Waals surface area contributed by atoms with E-state index in [2.05, 4.69) is 15.6 Å². The quantitative estimate of drug-likeness (QED) is 0.866. The maximum Gasteiger partial charge on any atom is 0.231 e. The van der Waals surface area contributed by atoms with Gasteiger partial charge in [-0.25, -0.2) is 4.98 Å². The van der Waals surface area contributed by atoms with Gasteiger partial charge in [0.2, 0.25) is 5.91 Å². The Kier molecular flexibility index (Phi) is 2.78. The van der Waals surface area contributed by atoms with E-state index in [4.69, 9.17) is 4.42 Å². The summed E-state index contributed by atoms with van der Waals surface area (Å²) in [7, 11) is 0. The molecule has 1 amide bonds. The number of rotatable bonds is 2. The number of aromatic nitrogens is 1. The van der Waals surface area contributed by atoms with Gasteiger partial charge in [0, 0.05) is 19.2 Å². The summed E-state index contributed by atoms with van der Waals surface area (Å²) < 4.78 is 5.41. The lowest BCUT2D eigenvalue weighted by molar-refractivity contribution is -0.123. The zero-order chi connectivity index (χ0) is 13.5. The monoisotopic (exact) mass is 259 g/mol. The highest BCUT2D eigenvalue weighted by Crippen LogP contribution is 2.27. The Balaban J connectivity index is 1.82. The molecule has 1 atom stereocenters. The fourth-order valence-corrected chi connectivity index (χ4v) is 2.41. The molecule has 1 fully saturated rings. The fourth-order valence-electron chi connectivity index (χ4n) is 2.41. The molecule has 2 N–H and O–H groups in total. The number of anilines is 1. The van der Waals surface area contributed by atoms with Crippen LogP contribution in [0, 0.1) is 12.3 Å². The van der Waals surface area contributed by atoms with Gasteiger partial charge in [-0.15, -0.1) is 0 Å². The molecule has 0 spiro atoms. The van der Waals surface area contributed by atoms with E-state index in [1.807, 2.05) is 32.0 Å². The van der Waals surface area contributed by atoms with Crippen molar-refractivity contribution in [2.45, 2.75) is 20.3 Å². The van der Waals surface area contributed by atoms with Gasteiger partial charge in [-0.2, -0.15) is 0 Å². The molecule has 1 unspecified atom stereocenters. The summed E-state index contributed by atoms with van der Waals surface area (Å²) in [6.45, 7) is 5.42. The van der Waals surface area contributed by atoms with Crippen molar-refractivity contribution in [3.8, 4) is 0 Å². The third kappa shape index (κ3) is 2.21. The number of hydrogen-bond acceptors (Lipinski definition) is 4. The molecule has 0 radical (unpaired) electrons. The average Bonchev–Trinajstić information content (AvgIpc) is 2.95. The maximum atomic E-state index is 12.3. The number of aryl methyl sites for hydroxylation is 1. The fraction of sp³-hybridized carbons (Fsp3) is 0.429. The van der Waals surface area contributed by atoms with E-state index < -0.39 is 0 Å². The molecule has 5 nitrogen and oxygen atoms in total. The van der Waals surface area contributed by atoms with Crippen LogP contribution in [0.4, 0.5) is 5.69 Å². The Labute approximate surface area is 111 Å². The highest BCUT2D eigenvalue weighted by Gasteiger charge is 2.36. The second-order valence-corrected chi connectivity index (χ2v) is 5.36. The highest BCUT2D eigenvalue weighted by atomic mass is 16.3. The smallest absolute Gasteiger partial charge is 0.231 e. The predicted molar refractivity (Wildman–Crippen MR) is 73.0 cm³/mol. The van der Waals surface area contributed by atoms with Crippen molar-refractivity contribution in [1.82, 2.24) is 10.3 Å². The topological polar surface area (TPSA) is 67.2 Å². The Morgan fingerprint density at radius 2 is 2.37 bits per heavy atom. The molecule has 1 saturated heterocycles. The van der Waals surface area contributed by atoms with Gasteiger partial charge >= 0.3 is 0 Å². The molecule has 2 heterocycles. The number of amides is 1. The van der Waals surface area contributed by atoms with Crippen LogP contribution in [-0.2, 0) is 4.79 Å². The van der Waals surface area contributed by atoms with Crippen LogP contribution in [0.1, 0.15) is 19.2 Å². The predicted octanol–water partition coefficient (Wildman–Crippen LogP) is 2.07. The lowest BCUT2D eigenvalue weighted by Crippen LogP contribution is -2.35. The first-order valence-electron chi connectivity index (χ1n) is 6.46. The highest BCUT2D eigenvalue weighted by molar-refractivity contribution is 5.96. The standard InChI is InChI=1S/C14H17N3O2/c1-9-16-11-7-10(3-4-12(11)19-9)17-13(18)14(2)5-6-15-8-14/h3-4,7,15H,5-6,8H2,1-2H3,(H,17,18). The van der Waals surface area contributed by atoms with E-state index >= 15 is 0 Å². The molecular formula is C14H17N3O2. The van der Waals surface area contributed by atoms with Gasteiger partial charge in [0.15, 0.2) is 11.5 Å². The molecule has 3 rings (SSSR count). The lowest BCUT2D eigenvalue weighted by Gasteiger charge is -2.21. The molecule has 2 aromatic rings. The van der Waals surface area contributed by atoms with Crippen molar-refractivity contribution < 1.29 is 9.21 Å². The summed E-state index contributed by atoms with van der Waals surface area (Å²) in [5, 5.41) is 6.19. The minimum Gasteiger partial charge on any atom is -0.441 e. The second-order valence-electron chi connectivity index (χ2n) is 5.36. The number of oxazole rings is 1. The first-order valence-corrected chi connectivity index (χ1v) is 6.46. The van der Waals surface area contributed by atoms with Crippen LogP contribution in [0.25, 0.3) is 11.1 Å². The summed E-state index contributed by atoms with van der Waals surface area (Å²) in [6.07, 6.45) is 0.865. The molecule has 100 valence electrons. The van der Waals surface area contributed by atoms with Gasteiger partial charge in [-0.1, -0.05) is 0 Å². The summed E-state index contributed by atoms with van der Waals surface area (Å²) in [5.74, 6) is 0.683. The molecule has 1 aliphatic heterocycles. The maximum absolute atomic E-state index is 12.3. The van der Waals surface area contributed by atoms with Gasteiger partial charge in [0.1, 0.15) is 5.52 Å². The van der Waals surface area contributed by atoms with Crippen LogP contribution in [0.15, 0.2) is 22.6 Å². The van der Waals surface area contributed by atoms with Gasteiger partial charge < -0.3 is 15.1 Å². The minimum absolute atomic E-state index is 0.0528. The minimum atomic E-state index is -0.325. The number of benzene rings is 1. The zero-order valence-corrected chi connectivity index (χ0v) is 11.1. The third-order valence-electron chi connectivity index (χ3n) is 3.67. The molecule has 0 saturated carbocycles. The Morgan fingerprint density at radius 3 is 3.11 bits per heavy atom. The van der Waals surface area contributed by atoms with E-state index in [0.29, 0.717) is 5.89 Å². The van der Waals surface area contributed by atoms with E-state index in [-0.39, 0.29) is 11.3 Å². The molecule has 0 bridgehead atoms. The van der Waals surface area contributed by atoms with Gasteiger partial charge in [-0.3, -0.25) is 4.79 Å². The molecule has 1 aromatic heterocycles. The second kappa shape index (κ2) is 4.35. The first-order chi connectivity index (χ1) is 9.07. The Bertz CT molecular complexity index is 627. The summed E-state index contributed by atoms with van der Waals surface area (Å²) in [5.41, 5.74) is 1.95. The van der Waals surface area contributed by atoms with Crippen LogP contribution >= 0.6 is 0 Å². The van der Waals surface area contributed by atoms with Crippen molar-refractivity contribution >= 4 is 22.7 Å². The third-order valence-corrected chi connectivity index (χ3v) is 3.67. The molecule has 1 aromatic carbocycles. The van der Waals surface area contributed by atoms with Crippen LogP contribution in [0.3, 0.4) is 0 Å². The Hall–Kier alpha value is -1.88. The largest absolute Gasteiger partial charge is 0.441 e. The van der Waals surface area contributed by atoms with Crippen LogP contribution in [0.2, 0.25) is 0 Å². The lowest BCUT2D eigenvalue weighted by atomic mass is 9.89. The Morgan fingerprint density at radius 1 is 1.53 bits per heavy atom. The van der Waals surface area contributed by atoms with Crippen LogP contribution in [-0.4, -0.2) is 24.0 Å². The summed E-state index contributed by atoms with van der Waals surface area (Å²) >= 11 is 0. The summed E-state index contributed by atoms with van der Waals surface area (Å²) in [6, 6.07) is 5.52. The van der Waals surface area contributed by atoms with Crippen molar-refractivity contribution in [2.75, 3.05) is 18.4 Å². The molecule has 19 heavy (non-hydrogen) atoms. The van der Waals surface area contributed by atoms with Crippen molar-refractivity contribution in [2.24, 2.45) is 5.41 Å². The van der Waals surface area contributed by atoms with E-state index in [0.717, 1.165) is 36.3 Å². The zero-order valence-electron chi connectivity index (χ0n) is 11.1. The van der Waals surface area contributed by atoms with Gasteiger partial charge in [0.05, 0.1) is 5.41 Å². The molecular weight excluding hydrogens is 242 g/mol. The number of fused-ring (bicyclic) bond motifs is 1. The van der Waals surface area contributed by atoms with E-state index in [1.165, 1.54) is 0 Å². The van der Waals surface area contributed by atoms with Crippen molar-refractivity contribution in [3.05, 3.63) is 24.1 Å². The number of carbonyl (C=O) groups is 1. The molecule has 0 aliphatic carbocycles. The number of hydrogen-bond donors (Lipinski definition) is 2. The van der Waals surface area contributed by atoms with Crippen molar-refractivity contribution in [1.29, 1.82) is 0 Å². The number of nitrogens with one attached hydrogen (secondary N) is 2. The van der Waals surface area contributed by atoms with Crippen LogP contribution in [0.5, 0.6) is 0 Å². The van der Waals surface area contributed by atoms with Crippen LogP contribution < -0.4 is 10.6 Å². The number of carbonyl (C=O) groups excluding carboxylic acids is 1.